The van der Waals surface area contributed by atoms with Gasteiger partial charge in [-0.1, -0.05) is 19.3 Å². The molecule has 1 saturated heterocycles. The molecule has 1 saturated carbocycles. The predicted octanol–water partition coefficient (Wildman–Crippen LogP) is 2.03. The van der Waals surface area contributed by atoms with Crippen molar-refractivity contribution < 1.29 is 18.0 Å². The first kappa shape index (κ1) is 13.6. The molecule has 0 aromatic heterocycles. The molecule has 1 aliphatic carbocycles. The van der Waals surface area contributed by atoms with Crippen LogP contribution in [-0.2, 0) is 4.79 Å². The zero-order valence-corrected chi connectivity index (χ0v) is 10.4. The van der Waals surface area contributed by atoms with Gasteiger partial charge in [-0.3, -0.25) is 9.69 Å². The summed E-state index contributed by atoms with van der Waals surface area (Å²) in [6.45, 7) is 1.56. The average Bonchev–Trinajstić information content (AvgIpc) is 2.38. The number of halogens is 3. The molecule has 2 rings (SSSR count). The Bertz CT molecular complexity index is 292. The van der Waals surface area contributed by atoms with E-state index in [4.69, 9.17) is 0 Å². The number of alkyl halides is 3. The minimum absolute atomic E-state index is 0.203. The molecule has 0 atom stereocenters. The van der Waals surface area contributed by atoms with Crippen LogP contribution in [0, 0.1) is 0 Å². The third-order valence-electron chi connectivity index (χ3n) is 3.94. The van der Waals surface area contributed by atoms with E-state index in [0.29, 0.717) is 19.1 Å². The van der Waals surface area contributed by atoms with E-state index in [9.17, 15) is 18.0 Å². The molecule has 18 heavy (non-hydrogen) atoms. The van der Waals surface area contributed by atoms with E-state index in [1.165, 1.54) is 19.3 Å². The molecule has 6 heteroatoms. The van der Waals surface area contributed by atoms with Crippen molar-refractivity contribution in [1.82, 2.24) is 9.80 Å². The second-order valence-electron chi connectivity index (χ2n) is 5.12. The Hall–Kier alpha value is -0.780. The molecule has 2 aliphatic rings. The normalized spacial score (nSPS) is 24.3. The molecule has 0 aromatic carbocycles. The molecule has 0 bridgehead atoms. The second kappa shape index (κ2) is 5.47. The molecule has 0 unspecified atom stereocenters. The Balaban J connectivity index is 1.82. The van der Waals surface area contributed by atoms with Crippen LogP contribution in [0.1, 0.15) is 32.1 Å². The molecule has 104 valence electrons. The highest BCUT2D eigenvalue weighted by atomic mass is 19.4. The quantitative estimate of drug-likeness (QED) is 0.723. The lowest BCUT2D eigenvalue weighted by molar-refractivity contribution is -0.187. The first-order chi connectivity index (χ1) is 8.48. The van der Waals surface area contributed by atoms with Crippen molar-refractivity contribution in [2.75, 3.05) is 26.2 Å². The van der Waals surface area contributed by atoms with E-state index in [0.717, 1.165) is 17.7 Å². The van der Waals surface area contributed by atoms with Crippen molar-refractivity contribution in [3.8, 4) is 0 Å². The molecule has 3 nitrogen and oxygen atoms in total. The monoisotopic (exact) mass is 264 g/mol. The Morgan fingerprint density at radius 1 is 0.944 bits per heavy atom. The Morgan fingerprint density at radius 2 is 1.50 bits per heavy atom. The van der Waals surface area contributed by atoms with Gasteiger partial charge in [-0.15, -0.1) is 0 Å². The van der Waals surface area contributed by atoms with Crippen molar-refractivity contribution in [3.05, 3.63) is 0 Å². The molecule has 0 aromatic rings. The highest BCUT2D eigenvalue weighted by Gasteiger charge is 2.43. The predicted molar refractivity (Wildman–Crippen MR) is 61.1 cm³/mol. The summed E-state index contributed by atoms with van der Waals surface area (Å²) in [6, 6.07) is 0.516. The minimum atomic E-state index is -4.73. The van der Waals surface area contributed by atoms with Crippen LogP contribution in [0.25, 0.3) is 0 Å². The molecule has 0 radical (unpaired) electrons. The average molecular weight is 264 g/mol. The van der Waals surface area contributed by atoms with Crippen molar-refractivity contribution in [2.24, 2.45) is 0 Å². The number of amides is 1. The number of rotatable bonds is 1. The molecule has 1 aliphatic heterocycles. The van der Waals surface area contributed by atoms with E-state index in [1.54, 1.807) is 0 Å². The molecular weight excluding hydrogens is 245 g/mol. The lowest BCUT2D eigenvalue weighted by Gasteiger charge is -2.40. The standard InChI is InChI=1S/C12H19F3N2O/c13-12(14,15)11(18)17-8-6-16(7-9-17)10-4-2-1-3-5-10/h10H,1-9H2. The summed E-state index contributed by atoms with van der Waals surface area (Å²) in [5.74, 6) is -1.69. The van der Waals surface area contributed by atoms with E-state index < -0.39 is 12.1 Å². The summed E-state index contributed by atoms with van der Waals surface area (Å²) in [5, 5.41) is 0. The highest BCUT2D eigenvalue weighted by molar-refractivity contribution is 5.81. The summed E-state index contributed by atoms with van der Waals surface area (Å²) in [5.41, 5.74) is 0. The van der Waals surface area contributed by atoms with Crippen molar-refractivity contribution in [2.45, 2.75) is 44.3 Å². The fourth-order valence-electron chi connectivity index (χ4n) is 2.92. The highest BCUT2D eigenvalue weighted by Crippen LogP contribution is 2.25. The third-order valence-corrected chi connectivity index (χ3v) is 3.94. The van der Waals surface area contributed by atoms with Gasteiger partial charge in [0.05, 0.1) is 0 Å². The maximum Gasteiger partial charge on any atom is 0.471 e. The number of nitrogens with zero attached hydrogens (tertiary/aromatic N) is 2. The smallest absolute Gasteiger partial charge is 0.332 e. The van der Waals surface area contributed by atoms with Gasteiger partial charge in [0.1, 0.15) is 0 Å². The molecular formula is C12H19F3N2O. The van der Waals surface area contributed by atoms with Crippen LogP contribution in [-0.4, -0.2) is 54.1 Å². The van der Waals surface area contributed by atoms with Gasteiger partial charge in [-0.05, 0) is 12.8 Å². The minimum Gasteiger partial charge on any atom is -0.332 e. The van der Waals surface area contributed by atoms with Crippen LogP contribution in [0.2, 0.25) is 0 Å². The third kappa shape index (κ3) is 3.16. The Kier molecular flexibility index (Phi) is 4.14. The molecule has 0 N–H and O–H groups in total. The maximum absolute atomic E-state index is 12.3. The Morgan fingerprint density at radius 3 is 2.00 bits per heavy atom. The lowest BCUT2D eigenvalue weighted by Crippen LogP contribution is -2.54. The van der Waals surface area contributed by atoms with Gasteiger partial charge < -0.3 is 4.90 Å². The lowest BCUT2D eigenvalue weighted by atomic mass is 9.94. The van der Waals surface area contributed by atoms with Crippen LogP contribution in [0.5, 0.6) is 0 Å². The van der Waals surface area contributed by atoms with Crippen molar-refractivity contribution >= 4 is 5.91 Å². The number of hydrogen-bond donors (Lipinski definition) is 0. The fraction of sp³-hybridized carbons (Fsp3) is 0.917. The van der Waals surface area contributed by atoms with Crippen LogP contribution in [0.15, 0.2) is 0 Å². The topological polar surface area (TPSA) is 23.6 Å². The molecule has 1 heterocycles. The van der Waals surface area contributed by atoms with E-state index in [-0.39, 0.29) is 13.1 Å². The summed E-state index contributed by atoms with van der Waals surface area (Å²) >= 11 is 0. The molecule has 0 spiro atoms. The van der Waals surface area contributed by atoms with Gasteiger partial charge in [0.25, 0.3) is 0 Å². The second-order valence-corrected chi connectivity index (χ2v) is 5.12. The Labute approximate surface area is 105 Å². The molecule has 2 fully saturated rings. The van der Waals surface area contributed by atoms with E-state index >= 15 is 0 Å². The van der Waals surface area contributed by atoms with Crippen molar-refractivity contribution in [1.29, 1.82) is 0 Å². The van der Waals surface area contributed by atoms with E-state index in [2.05, 4.69) is 4.90 Å². The zero-order chi connectivity index (χ0) is 13.2. The van der Waals surface area contributed by atoms with Crippen LogP contribution >= 0.6 is 0 Å². The van der Waals surface area contributed by atoms with Gasteiger partial charge in [0.15, 0.2) is 0 Å². The SMILES string of the molecule is O=C(N1CCN(C2CCCCC2)CC1)C(F)(F)F. The number of carbonyl (C=O) groups is 1. The zero-order valence-electron chi connectivity index (χ0n) is 10.4. The number of hydrogen-bond acceptors (Lipinski definition) is 2. The van der Waals surface area contributed by atoms with Gasteiger partial charge in [0, 0.05) is 32.2 Å². The maximum atomic E-state index is 12.3. The van der Waals surface area contributed by atoms with E-state index in [1.807, 2.05) is 0 Å². The summed E-state index contributed by atoms with van der Waals surface area (Å²) < 4.78 is 36.8. The van der Waals surface area contributed by atoms with Gasteiger partial charge in [0.2, 0.25) is 0 Å². The number of piperazine rings is 1. The van der Waals surface area contributed by atoms with Crippen LogP contribution < -0.4 is 0 Å². The fourth-order valence-corrected chi connectivity index (χ4v) is 2.92. The van der Waals surface area contributed by atoms with Gasteiger partial charge >= 0.3 is 12.1 Å². The summed E-state index contributed by atoms with van der Waals surface area (Å²) in [4.78, 5) is 14.3. The van der Waals surface area contributed by atoms with Crippen LogP contribution in [0.4, 0.5) is 13.2 Å². The first-order valence-corrected chi connectivity index (χ1v) is 6.58. The van der Waals surface area contributed by atoms with Gasteiger partial charge in [-0.25, -0.2) is 0 Å². The summed E-state index contributed by atoms with van der Waals surface area (Å²) in [7, 11) is 0. The van der Waals surface area contributed by atoms with Crippen molar-refractivity contribution in [3.63, 3.8) is 0 Å². The largest absolute Gasteiger partial charge is 0.471 e. The van der Waals surface area contributed by atoms with Crippen LogP contribution in [0.3, 0.4) is 0 Å². The number of carbonyl (C=O) groups excluding carboxylic acids is 1. The summed E-state index contributed by atoms with van der Waals surface area (Å²) in [6.07, 6.45) is 1.26. The first-order valence-electron chi connectivity index (χ1n) is 6.58. The molecule has 1 amide bonds. The van der Waals surface area contributed by atoms with Gasteiger partial charge in [-0.2, -0.15) is 13.2 Å².